The second-order valence-electron chi connectivity index (χ2n) is 11.3. The number of hydrogen-bond donors (Lipinski definition) is 0. The van der Waals surface area contributed by atoms with Crippen LogP contribution in [0.3, 0.4) is 0 Å². The summed E-state index contributed by atoms with van der Waals surface area (Å²) >= 11 is 1.66. The maximum atomic E-state index is 15.7. The monoisotopic (exact) mass is 605 g/mol. The average molecular weight is 606 g/mol. The fourth-order valence-electron chi connectivity index (χ4n) is 6.22. The minimum atomic E-state index is -0.558. The zero-order chi connectivity index (χ0) is 30.5. The standard InChI is InChI=1S/C35H41F2N3O2S/c1-5-11-26(30(36)6-2)20-29-24(3)32(28-14-10-15-31(42-4)33(28)37)34(41)40-27(23-43-35(29)40)22-39-18-16-38(17-19-39)21-25-12-8-7-9-13-25/h5,7-15,27H,6,16-23H2,1-4H3/b11-5-,30-26-. The molecule has 0 aliphatic carbocycles. The summed E-state index contributed by atoms with van der Waals surface area (Å²) in [5, 5.41) is 0.869. The van der Waals surface area contributed by atoms with Gasteiger partial charge in [0.1, 0.15) is 5.83 Å². The Hall–Kier alpha value is -3.20. The summed E-state index contributed by atoms with van der Waals surface area (Å²) in [6, 6.07) is 15.4. The van der Waals surface area contributed by atoms with E-state index >= 15 is 8.78 Å². The Kier molecular flexibility index (Phi) is 10.2. The summed E-state index contributed by atoms with van der Waals surface area (Å²) in [5.74, 6) is 0.102. The molecule has 1 fully saturated rings. The van der Waals surface area contributed by atoms with E-state index in [1.54, 1.807) is 43.0 Å². The molecule has 5 nitrogen and oxygen atoms in total. The van der Waals surface area contributed by atoms with Gasteiger partial charge in [0, 0.05) is 57.0 Å². The zero-order valence-corrected chi connectivity index (χ0v) is 26.4. The maximum absolute atomic E-state index is 15.7. The van der Waals surface area contributed by atoms with E-state index in [0.717, 1.165) is 55.6 Å². The van der Waals surface area contributed by atoms with Crippen molar-refractivity contribution in [2.24, 2.45) is 0 Å². The number of hydrogen-bond acceptors (Lipinski definition) is 5. The third kappa shape index (κ3) is 6.66. The first-order valence-electron chi connectivity index (χ1n) is 15.1. The van der Waals surface area contributed by atoms with Gasteiger partial charge in [-0.05, 0) is 48.6 Å². The van der Waals surface area contributed by atoms with Gasteiger partial charge in [-0.1, -0.05) is 61.5 Å². The van der Waals surface area contributed by atoms with Crippen LogP contribution in [0.5, 0.6) is 5.75 Å². The smallest absolute Gasteiger partial charge is 0.260 e. The number of aromatic nitrogens is 1. The zero-order valence-electron chi connectivity index (χ0n) is 25.5. The number of halogens is 2. The van der Waals surface area contributed by atoms with Gasteiger partial charge >= 0.3 is 0 Å². The molecule has 1 saturated heterocycles. The first-order valence-corrected chi connectivity index (χ1v) is 16.1. The van der Waals surface area contributed by atoms with Gasteiger partial charge in [-0.2, -0.15) is 0 Å². The highest BCUT2D eigenvalue weighted by Crippen LogP contribution is 2.41. The molecule has 0 radical (unpaired) electrons. The Morgan fingerprint density at radius 2 is 1.79 bits per heavy atom. The van der Waals surface area contributed by atoms with Gasteiger partial charge in [-0.3, -0.25) is 19.2 Å². The molecule has 3 heterocycles. The van der Waals surface area contributed by atoms with E-state index in [4.69, 9.17) is 4.74 Å². The predicted octanol–water partition coefficient (Wildman–Crippen LogP) is 7.19. The first-order chi connectivity index (χ1) is 20.9. The number of allylic oxidation sites excluding steroid dienone is 4. The van der Waals surface area contributed by atoms with Crippen LogP contribution in [0.4, 0.5) is 8.78 Å². The third-order valence-electron chi connectivity index (χ3n) is 8.54. The van der Waals surface area contributed by atoms with E-state index in [-0.39, 0.29) is 35.2 Å². The van der Waals surface area contributed by atoms with E-state index in [1.165, 1.54) is 12.7 Å². The van der Waals surface area contributed by atoms with Crippen LogP contribution in [-0.2, 0) is 13.0 Å². The molecule has 5 rings (SSSR count). The molecule has 2 aliphatic heterocycles. The van der Waals surface area contributed by atoms with E-state index in [2.05, 4.69) is 34.1 Å². The fraction of sp³-hybridized carbons (Fsp3) is 0.400. The number of methoxy groups -OCH3 is 1. The molecule has 1 atom stereocenters. The molecule has 228 valence electrons. The summed E-state index contributed by atoms with van der Waals surface area (Å²) in [6.45, 7) is 11.0. The van der Waals surface area contributed by atoms with Crippen LogP contribution in [0.1, 0.15) is 43.0 Å². The molecule has 8 heteroatoms. The van der Waals surface area contributed by atoms with Crippen molar-refractivity contribution in [3.63, 3.8) is 0 Å². The SMILES string of the molecule is C/C=C\C(Cc1c(C)c(-c2cccc(OC)c2F)c(=O)n2c1SCC2CN1CCN(Cc2ccccc2)CC1)=C(\F)CC. The molecular formula is C35H41F2N3O2S. The van der Waals surface area contributed by atoms with E-state index in [1.807, 2.05) is 30.6 Å². The number of fused-ring (bicyclic) bond motifs is 1. The van der Waals surface area contributed by atoms with Crippen molar-refractivity contribution in [2.45, 2.75) is 51.2 Å². The molecule has 2 aromatic carbocycles. The normalized spacial score (nSPS) is 18.2. The quantitative estimate of drug-likeness (QED) is 0.229. The van der Waals surface area contributed by atoms with Crippen molar-refractivity contribution in [2.75, 3.05) is 45.6 Å². The highest BCUT2D eigenvalue weighted by atomic mass is 32.2. The molecule has 0 bridgehead atoms. The first kappa shape index (κ1) is 31.2. The number of piperazine rings is 1. The van der Waals surface area contributed by atoms with E-state index in [0.29, 0.717) is 23.1 Å². The summed E-state index contributed by atoms with van der Waals surface area (Å²) in [5.41, 5.74) is 3.82. The van der Waals surface area contributed by atoms with Crippen LogP contribution in [0.2, 0.25) is 0 Å². The summed E-state index contributed by atoms with van der Waals surface area (Å²) in [7, 11) is 1.42. The lowest BCUT2D eigenvalue weighted by Crippen LogP contribution is -2.48. The lowest BCUT2D eigenvalue weighted by molar-refractivity contribution is 0.116. The van der Waals surface area contributed by atoms with Gasteiger partial charge < -0.3 is 4.74 Å². The summed E-state index contributed by atoms with van der Waals surface area (Å²) < 4.78 is 37.8. The van der Waals surface area contributed by atoms with Gasteiger partial charge in [0.2, 0.25) is 0 Å². The van der Waals surface area contributed by atoms with Crippen molar-refractivity contribution < 1.29 is 13.5 Å². The van der Waals surface area contributed by atoms with Gasteiger partial charge in [0.25, 0.3) is 5.56 Å². The number of nitrogens with zero attached hydrogens (tertiary/aromatic N) is 3. The molecule has 2 aliphatic rings. The second kappa shape index (κ2) is 14.1. The number of rotatable bonds is 10. The molecule has 0 amide bonds. The number of pyridine rings is 1. The molecule has 0 spiro atoms. The topological polar surface area (TPSA) is 37.7 Å². The second-order valence-corrected chi connectivity index (χ2v) is 12.3. The van der Waals surface area contributed by atoms with Gasteiger partial charge in [-0.25, -0.2) is 8.78 Å². The molecular weight excluding hydrogens is 564 g/mol. The van der Waals surface area contributed by atoms with Crippen molar-refractivity contribution in [3.8, 4) is 16.9 Å². The molecule has 1 aromatic heterocycles. The van der Waals surface area contributed by atoms with Gasteiger partial charge in [0.15, 0.2) is 11.6 Å². The Balaban J connectivity index is 1.50. The van der Waals surface area contributed by atoms with E-state index < -0.39 is 5.82 Å². The third-order valence-corrected chi connectivity index (χ3v) is 9.81. The average Bonchev–Trinajstić information content (AvgIpc) is 3.44. The Labute approximate surface area is 257 Å². The van der Waals surface area contributed by atoms with Crippen LogP contribution in [0.25, 0.3) is 11.1 Å². The molecule has 43 heavy (non-hydrogen) atoms. The van der Waals surface area contributed by atoms with Gasteiger partial charge in [0.05, 0.1) is 23.7 Å². The Bertz CT molecular complexity index is 1560. The Morgan fingerprint density at radius 3 is 2.47 bits per heavy atom. The molecule has 0 saturated carbocycles. The summed E-state index contributed by atoms with van der Waals surface area (Å²) in [4.78, 5) is 19.2. The van der Waals surface area contributed by atoms with Crippen molar-refractivity contribution in [1.82, 2.24) is 14.4 Å². The summed E-state index contributed by atoms with van der Waals surface area (Å²) in [6.07, 6.45) is 4.27. The van der Waals surface area contributed by atoms with Crippen LogP contribution in [-0.4, -0.2) is 60.0 Å². The molecule has 0 N–H and O–H groups in total. The lowest BCUT2D eigenvalue weighted by Gasteiger charge is -2.36. The highest BCUT2D eigenvalue weighted by Gasteiger charge is 2.33. The van der Waals surface area contributed by atoms with Crippen molar-refractivity contribution in [3.05, 3.63) is 105 Å². The van der Waals surface area contributed by atoms with Gasteiger partial charge in [-0.15, -0.1) is 11.8 Å². The lowest BCUT2D eigenvalue weighted by atomic mass is 9.93. The predicted molar refractivity (Wildman–Crippen MR) is 172 cm³/mol. The Morgan fingerprint density at radius 1 is 1.07 bits per heavy atom. The maximum Gasteiger partial charge on any atom is 0.260 e. The molecule has 1 unspecified atom stereocenters. The minimum absolute atomic E-state index is 0.0647. The number of benzene rings is 2. The highest BCUT2D eigenvalue weighted by molar-refractivity contribution is 7.99. The largest absolute Gasteiger partial charge is 0.494 e. The number of thioether (sulfide) groups is 1. The minimum Gasteiger partial charge on any atom is -0.494 e. The fourth-order valence-corrected chi connectivity index (χ4v) is 7.60. The van der Waals surface area contributed by atoms with Crippen molar-refractivity contribution in [1.29, 1.82) is 0 Å². The van der Waals surface area contributed by atoms with Crippen LogP contribution in [0.15, 0.2) is 81.9 Å². The molecule has 3 aromatic rings. The number of ether oxygens (including phenoxy) is 1. The van der Waals surface area contributed by atoms with Crippen molar-refractivity contribution >= 4 is 11.8 Å². The van der Waals surface area contributed by atoms with Crippen LogP contribution >= 0.6 is 11.8 Å². The van der Waals surface area contributed by atoms with Crippen LogP contribution in [0, 0.1) is 12.7 Å². The van der Waals surface area contributed by atoms with E-state index in [9.17, 15) is 4.79 Å². The van der Waals surface area contributed by atoms with Crippen LogP contribution < -0.4 is 10.3 Å².